The zero-order valence-electron chi connectivity index (χ0n) is 12.7. The van der Waals surface area contributed by atoms with E-state index in [0.717, 1.165) is 33.8 Å². The second kappa shape index (κ2) is 6.26. The highest BCUT2D eigenvalue weighted by atomic mass is 35.5. The van der Waals surface area contributed by atoms with Crippen LogP contribution in [0.4, 0.5) is 5.69 Å². The molecule has 2 rings (SSSR count). The van der Waals surface area contributed by atoms with Crippen LogP contribution < -0.4 is 4.90 Å². The summed E-state index contributed by atoms with van der Waals surface area (Å²) in [6.07, 6.45) is 3.95. The molecule has 1 aromatic heterocycles. The van der Waals surface area contributed by atoms with Crippen LogP contribution in [0.1, 0.15) is 30.5 Å². The first-order valence-electron chi connectivity index (χ1n) is 6.84. The van der Waals surface area contributed by atoms with Gasteiger partial charge in [0.2, 0.25) is 5.91 Å². The van der Waals surface area contributed by atoms with Crippen LogP contribution in [0.15, 0.2) is 18.7 Å². The zero-order chi connectivity index (χ0) is 15.6. The van der Waals surface area contributed by atoms with Crippen LogP contribution in [0.3, 0.4) is 0 Å². The summed E-state index contributed by atoms with van der Waals surface area (Å²) in [4.78, 5) is 13.8. The Labute approximate surface area is 129 Å². The van der Waals surface area contributed by atoms with Gasteiger partial charge in [0.25, 0.3) is 0 Å². The van der Waals surface area contributed by atoms with E-state index >= 15 is 0 Å². The van der Waals surface area contributed by atoms with Gasteiger partial charge in [0.1, 0.15) is 19.3 Å². The number of hydrogen-bond donors (Lipinski definition) is 0. The van der Waals surface area contributed by atoms with Crippen molar-refractivity contribution in [2.24, 2.45) is 0 Å². The van der Waals surface area contributed by atoms with Crippen molar-refractivity contribution in [1.82, 2.24) is 14.8 Å². The minimum absolute atomic E-state index is 0.0404. The number of anilines is 1. The smallest absolute Gasteiger partial charge is 0.225 e. The van der Waals surface area contributed by atoms with Crippen molar-refractivity contribution < 1.29 is 4.79 Å². The van der Waals surface area contributed by atoms with Crippen molar-refractivity contribution in [2.45, 2.75) is 40.8 Å². The molecular formula is C15H19ClN4O. The number of halogens is 1. The van der Waals surface area contributed by atoms with Crippen LogP contribution in [-0.4, -0.2) is 20.7 Å². The molecule has 1 heterocycles. The van der Waals surface area contributed by atoms with Crippen molar-refractivity contribution in [3.63, 3.8) is 0 Å². The Morgan fingerprint density at radius 1 is 1.29 bits per heavy atom. The van der Waals surface area contributed by atoms with Gasteiger partial charge < -0.3 is 4.57 Å². The molecule has 0 atom stereocenters. The second-order valence-electron chi connectivity index (χ2n) is 5.07. The maximum Gasteiger partial charge on any atom is 0.225 e. The number of rotatable bonds is 4. The number of aryl methyl sites for hydroxylation is 2. The van der Waals surface area contributed by atoms with Crippen LogP contribution in [0.25, 0.3) is 0 Å². The van der Waals surface area contributed by atoms with Crippen molar-refractivity contribution in [1.29, 1.82) is 0 Å². The lowest BCUT2D eigenvalue weighted by Crippen LogP contribution is -2.32. The second-order valence-corrected chi connectivity index (χ2v) is 5.45. The van der Waals surface area contributed by atoms with Crippen LogP contribution in [-0.2, 0) is 17.9 Å². The fourth-order valence-corrected chi connectivity index (χ4v) is 2.80. The fourth-order valence-electron chi connectivity index (χ4n) is 2.52. The van der Waals surface area contributed by atoms with Crippen molar-refractivity contribution in [2.75, 3.05) is 4.90 Å². The molecule has 21 heavy (non-hydrogen) atoms. The Kier molecular flexibility index (Phi) is 4.63. The van der Waals surface area contributed by atoms with E-state index in [2.05, 4.69) is 10.2 Å². The third kappa shape index (κ3) is 3.08. The maximum atomic E-state index is 12.1. The topological polar surface area (TPSA) is 51.0 Å². The lowest BCUT2D eigenvalue weighted by atomic mass is 10.0. The normalized spacial score (nSPS) is 10.7. The molecule has 0 N–H and O–H groups in total. The number of carbonyl (C=O) groups excluding carboxylic acids is 1. The molecule has 0 saturated carbocycles. The monoisotopic (exact) mass is 306 g/mol. The Morgan fingerprint density at radius 2 is 1.90 bits per heavy atom. The minimum atomic E-state index is -0.0404. The van der Waals surface area contributed by atoms with Gasteiger partial charge in [-0.2, -0.15) is 0 Å². The Bertz CT molecular complexity index is 652. The first kappa shape index (κ1) is 15.5. The van der Waals surface area contributed by atoms with E-state index in [9.17, 15) is 4.79 Å². The van der Waals surface area contributed by atoms with Crippen LogP contribution in [0, 0.1) is 13.8 Å². The van der Waals surface area contributed by atoms with E-state index in [4.69, 9.17) is 11.6 Å². The molecule has 112 valence electrons. The van der Waals surface area contributed by atoms with Crippen LogP contribution >= 0.6 is 11.6 Å². The number of amides is 1. The molecule has 0 aliphatic carbocycles. The number of carbonyl (C=O) groups is 1. The molecule has 1 aromatic carbocycles. The molecule has 0 unspecified atom stereocenters. The number of aromatic nitrogens is 3. The molecule has 6 heteroatoms. The molecule has 1 amide bonds. The number of hydrogen-bond acceptors (Lipinski definition) is 3. The van der Waals surface area contributed by atoms with E-state index in [-0.39, 0.29) is 5.91 Å². The van der Waals surface area contributed by atoms with E-state index in [1.807, 2.05) is 26.8 Å². The largest absolute Gasteiger partial charge is 0.301 e. The summed E-state index contributed by atoms with van der Waals surface area (Å²) in [7, 11) is 0. The molecule has 0 saturated heterocycles. The molecule has 0 spiro atoms. The fraction of sp³-hybridized carbons (Fsp3) is 0.400. The summed E-state index contributed by atoms with van der Waals surface area (Å²) < 4.78 is 1.76. The van der Waals surface area contributed by atoms with Gasteiger partial charge in [-0.15, -0.1) is 10.2 Å². The average Bonchev–Trinajstić information content (AvgIpc) is 2.93. The van der Waals surface area contributed by atoms with Crippen molar-refractivity contribution in [3.8, 4) is 0 Å². The van der Waals surface area contributed by atoms with E-state index in [1.165, 1.54) is 0 Å². The van der Waals surface area contributed by atoms with Gasteiger partial charge in [-0.05, 0) is 37.0 Å². The predicted molar refractivity (Wildman–Crippen MR) is 83.5 cm³/mol. The van der Waals surface area contributed by atoms with Gasteiger partial charge in [0.05, 0.1) is 5.69 Å². The summed E-state index contributed by atoms with van der Waals surface area (Å²) in [5.74, 6) is -0.0404. The van der Waals surface area contributed by atoms with Gasteiger partial charge in [0, 0.05) is 11.9 Å². The highest BCUT2D eigenvalue weighted by Crippen LogP contribution is 2.34. The minimum Gasteiger partial charge on any atom is -0.301 e. The standard InChI is InChI=1S/C15H19ClN4O/c1-5-13-14(16)10(2)6-11(3)15(13)20(12(4)21)9-19-7-17-18-8-19/h6-8H,5,9H2,1-4H3. The van der Waals surface area contributed by atoms with Gasteiger partial charge in [-0.1, -0.05) is 24.6 Å². The van der Waals surface area contributed by atoms with Gasteiger partial charge in [-0.25, -0.2) is 0 Å². The SMILES string of the molecule is CCc1c(Cl)c(C)cc(C)c1N(Cn1cnnc1)C(C)=O. The first-order chi connectivity index (χ1) is 9.95. The van der Waals surface area contributed by atoms with Crippen molar-refractivity contribution >= 4 is 23.2 Å². The molecule has 2 aromatic rings. The lowest BCUT2D eigenvalue weighted by molar-refractivity contribution is -0.116. The third-order valence-corrected chi connectivity index (χ3v) is 4.00. The van der Waals surface area contributed by atoms with Crippen LogP contribution in [0.2, 0.25) is 5.02 Å². The van der Waals surface area contributed by atoms with E-state index in [1.54, 1.807) is 29.0 Å². The van der Waals surface area contributed by atoms with Crippen LogP contribution in [0.5, 0.6) is 0 Å². The van der Waals surface area contributed by atoms with Gasteiger partial charge >= 0.3 is 0 Å². The summed E-state index contributed by atoms with van der Waals surface area (Å²) in [5, 5.41) is 8.28. The first-order valence-corrected chi connectivity index (χ1v) is 7.22. The molecule has 0 aliphatic heterocycles. The molecule has 0 fully saturated rings. The third-order valence-electron chi connectivity index (χ3n) is 3.48. The molecule has 0 radical (unpaired) electrons. The Hall–Kier alpha value is -1.88. The summed E-state index contributed by atoms with van der Waals surface area (Å²) >= 11 is 6.43. The number of benzene rings is 1. The van der Waals surface area contributed by atoms with E-state index in [0.29, 0.717) is 6.67 Å². The molecule has 0 bridgehead atoms. The zero-order valence-corrected chi connectivity index (χ0v) is 13.5. The van der Waals surface area contributed by atoms with E-state index < -0.39 is 0 Å². The summed E-state index contributed by atoms with van der Waals surface area (Å²) in [5.41, 5.74) is 3.95. The van der Waals surface area contributed by atoms with Gasteiger partial charge in [-0.3, -0.25) is 9.69 Å². The quantitative estimate of drug-likeness (QED) is 0.872. The lowest BCUT2D eigenvalue weighted by Gasteiger charge is -2.27. The molecular weight excluding hydrogens is 288 g/mol. The van der Waals surface area contributed by atoms with Crippen molar-refractivity contribution in [3.05, 3.63) is 40.4 Å². The summed E-state index contributed by atoms with van der Waals surface area (Å²) in [6.45, 7) is 7.95. The molecule has 5 nitrogen and oxygen atoms in total. The van der Waals surface area contributed by atoms with Gasteiger partial charge in [0.15, 0.2) is 0 Å². The molecule has 0 aliphatic rings. The maximum absolute atomic E-state index is 12.1. The highest BCUT2D eigenvalue weighted by Gasteiger charge is 2.20. The number of nitrogens with zero attached hydrogens (tertiary/aromatic N) is 4. The Balaban J connectivity index is 2.55. The highest BCUT2D eigenvalue weighted by molar-refractivity contribution is 6.32. The average molecular weight is 307 g/mol. The predicted octanol–water partition coefficient (Wildman–Crippen LogP) is 3.12. The Morgan fingerprint density at radius 3 is 2.43 bits per heavy atom. The summed E-state index contributed by atoms with van der Waals surface area (Å²) in [6, 6.07) is 2.01.